The summed E-state index contributed by atoms with van der Waals surface area (Å²) < 4.78 is 0. The SMILES string of the molecule is CC(C)[C@@H](N)C(=O)N[C@@H](CCCCN)C(=O)O. The second-order valence-electron chi connectivity index (χ2n) is 4.45. The van der Waals surface area contributed by atoms with Crippen molar-refractivity contribution in [2.24, 2.45) is 17.4 Å². The van der Waals surface area contributed by atoms with Gasteiger partial charge in [0.2, 0.25) is 5.91 Å². The Morgan fingerprint density at radius 1 is 1.29 bits per heavy atom. The predicted octanol–water partition coefficient (Wildman–Crippen LogP) is -0.332. The first kappa shape index (κ1) is 15.9. The maximum atomic E-state index is 11.6. The highest BCUT2D eigenvalue weighted by molar-refractivity contribution is 5.86. The van der Waals surface area contributed by atoms with Crippen molar-refractivity contribution in [3.05, 3.63) is 0 Å². The summed E-state index contributed by atoms with van der Waals surface area (Å²) in [5, 5.41) is 11.4. The van der Waals surface area contributed by atoms with Gasteiger partial charge in [-0.15, -0.1) is 0 Å². The third-order valence-corrected chi connectivity index (χ3v) is 2.58. The molecule has 0 bridgehead atoms. The van der Waals surface area contributed by atoms with E-state index >= 15 is 0 Å². The van der Waals surface area contributed by atoms with Gasteiger partial charge in [0, 0.05) is 0 Å². The Morgan fingerprint density at radius 2 is 1.88 bits per heavy atom. The number of carbonyl (C=O) groups is 2. The van der Waals surface area contributed by atoms with Crippen LogP contribution in [0.2, 0.25) is 0 Å². The van der Waals surface area contributed by atoms with Crippen LogP contribution in [0.3, 0.4) is 0 Å². The van der Waals surface area contributed by atoms with E-state index in [0.717, 1.165) is 6.42 Å². The van der Waals surface area contributed by atoms with Crippen LogP contribution in [0.15, 0.2) is 0 Å². The van der Waals surface area contributed by atoms with Crippen LogP contribution in [0, 0.1) is 5.92 Å². The van der Waals surface area contributed by atoms with Gasteiger partial charge in [-0.05, 0) is 31.7 Å². The Bertz CT molecular complexity index is 256. The molecule has 0 aliphatic heterocycles. The Labute approximate surface area is 102 Å². The van der Waals surface area contributed by atoms with Crippen LogP contribution >= 0.6 is 0 Å². The topological polar surface area (TPSA) is 118 Å². The molecule has 100 valence electrons. The van der Waals surface area contributed by atoms with Gasteiger partial charge in [-0.2, -0.15) is 0 Å². The van der Waals surface area contributed by atoms with E-state index in [0.29, 0.717) is 19.4 Å². The highest BCUT2D eigenvalue weighted by Crippen LogP contribution is 2.03. The third kappa shape index (κ3) is 6.23. The lowest BCUT2D eigenvalue weighted by atomic mass is 10.0. The molecule has 0 fully saturated rings. The van der Waals surface area contributed by atoms with Crippen molar-refractivity contribution >= 4 is 11.9 Å². The van der Waals surface area contributed by atoms with Gasteiger partial charge in [-0.1, -0.05) is 13.8 Å². The first-order valence-electron chi connectivity index (χ1n) is 5.89. The number of nitrogens with one attached hydrogen (secondary N) is 1. The molecule has 0 aromatic heterocycles. The van der Waals surface area contributed by atoms with Crippen molar-refractivity contribution in [3.63, 3.8) is 0 Å². The molecule has 17 heavy (non-hydrogen) atoms. The van der Waals surface area contributed by atoms with Crippen LogP contribution in [-0.4, -0.2) is 35.6 Å². The first-order chi connectivity index (χ1) is 7.90. The number of carbonyl (C=O) groups excluding carboxylic acids is 1. The van der Waals surface area contributed by atoms with E-state index in [4.69, 9.17) is 16.6 Å². The fourth-order valence-corrected chi connectivity index (χ4v) is 1.32. The Balaban J connectivity index is 4.25. The molecule has 0 aromatic carbocycles. The van der Waals surface area contributed by atoms with Crippen molar-refractivity contribution < 1.29 is 14.7 Å². The number of hydrogen-bond donors (Lipinski definition) is 4. The lowest BCUT2D eigenvalue weighted by Gasteiger charge is -2.19. The Morgan fingerprint density at radius 3 is 2.29 bits per heavy atom. The molecule has 0 rings (SSSR count). The fraction of sp³-hybridized carbons (Fsp3) is 0.818. The summed E-state index contributed by atoms with van der Waals surface area (Å²) in [4.78, 5) is 22.5. The van der Waals surface area contributed by atoms with Crippen LogP contribution in [-0.2, 0) is 9.59 Å². The highest BCUT2D eigenvalue weighted by Gasteiger charge is 2.24. The smallest absolute Gasteiger partial charge is 0.326 e. The Kier molecular flexibility index (Phi) is 7.49. The van der Waals surface area contributed by atoms with Crippen molar-refractivity contribution in [1.82, 2.24) is 5.32 Å². The quantitative estimate of drug-likeness (QED) is 0.437. The molecule has 0 aromatic rings. The van der Waals surface area contributed by atoms with E-state index in [9.17, 15) is 9.59 Å². The minimum atomic E-state index is -1.04. The van der Waals surface area contributed by atoms with Gasteiger partial charge in [0.05, 0.1) is 6.04 Å². The molecule has 6 nitrogen and oxygen atoms in total. The van der Waals surface area contributed by atoms with E-state index < -0.39 is 24.0 Å². The zero-order valence-electron chi connectivity index (χ0n) is 10.5. The normalized spacial score (nSPS) is 14.4. The van der Waals surface area contributed by atoms with Crippen molar-refractivity contribution in [1.29, 1.82) is 0 Å². The maximum Gasteiger partial charge on any atom is 0.326 e. The number of carboxylic acid groups (broad SMARTS) is 1. The molecular formula is C11H23N3O3. The van der Waals surface area contributed by atoms with Gasteiger partial charge in [0.15, 0.2) is 0 Å². The average molecular weight is 245 g/mol. The van der Waals surface area contributed by atoms with Gasteiger partial charge in [-0.3, -0.25) is 4.79 Å². The molecule has 0 aliphatic rings. The van der Waals surface area contributed by atoms with E-state index in [-0.39, 0.29) is 5.92 Å². The summed E-state index contributed by atoms with van der Waals surface area (Å²) in [6.45, 7) is 4.15. The van der Waals surface area contributed by atoms with Gasteiger partial charge in [0.1, 0.15) is 6.04 Å². The van der Waals surface area contributed by atoms with E-state index in [1.54, 1.807) is 0 Å². The lowest BCUT2D eigenvalue weighted by molar-refractivity contribution is -0.142. The molecule has 0 heterocycles. The number of carboxylic acids is 1. The van der Waals surface area contributed by atoms with Crippen molar-refractivity contribution in [3.8, 4) is 0 Å². The van der Waals surface area contributed by atoms with Crippen LogP contribution in [0.1, 0.15) is 33.1 Å². The van der Waals surface area contributed by atoms with Crippen molar-refractivity contribution in [2.45, 2.75) is 45.2 Å². The average Bonchev–Trinajstić information content (AvgIpc) is 2.26. The third-order valence-electron chi connectivity index (χ3n) is 2.58. The minimum absolute atomic E-state index is 0.0199. The molecule has 0 unspecified atom stereocenters. The zero-order chi connectivity index (χ0) is 13.4. The number of aliphatic carboxylic acids is 1. The summed E-state index contributed by atoms with van der Waals surface area (Å²) in [6, 6.07) is -1.55. The summed E-state index contributed by atoms with van der Waals surface area (Å²) in [7, 11) is 0. The highest BCUT2D eigenvalue weighted by atomic mass is 16.4. The number of amides is 1. The first-order valence-corrected chi connectivity index (χ1v) is 5.89. The molecular weight excluding hydrogens is 222 g/mol. The van der Waals surface area contributed by atoms with Gasteiger partial charge >= 0.3 is 5.97 Å². The van der Waals surface area contributed by atoms with Crippen LogP contribution < -0.4 is 16.8 Å². The molecule has 6 heteroatoms. The lowest BCUT2D eigenvalue weighted by Crippen LogP contribution is -2.50. The number of nitrogens with two attached hydrogens (primary N) is 2. The van der Waals surface area contributed by atoms with Gasteiger partial charge < -0.3 is 21.9 Å². The maximum absolute atomic E-state index is 11.6. The second kappa shape index (κ2) is 8.03. The fourth-order valence-electron chi connectivity index (χ4n) is 1.32. The molecule has 0 spiro atoms. The van der Waals surface area contributed by atoms with Crippen LogP contribution in [0.5, 0.6) is 0 Å². The number of unbranched alkanes of at least 4 members (excludes halogenated alkanes) is 1. The summed E-state index contributed by atoms with van der Waals surface area (Å²) in [5.74, 6) is -1.47. The van der Waals surface area contributed by atoms with E-state index in [1.807, 2.05) is 13.8 Å². The second-order valence-corrected chi connectivity index (χ2v) is 4.45. The summed E-state index contributed by atoms with van der Waals surface area (Å²) >= 11 is 0. The molecule has 0 saturated heterocycles. The van der Waals surface area contributed by atoms with Crippen LogP contribution in [0.4, 0.5) is 0 Å². The molecule has 1 amide bonds. The zero-order valence-corrected chi connectivity index (χ0v) is 10.5. The minimum Gasteiger partial charge on any atom is -0.480 e. The van der Waals surface area contributed by atoms with E-state index in [1.165, 1.54) is 0 Å². The van der Waals surface area contributed by atoms with E-state index in [2.05, 4.69) is 5.32 Å². The van der Waals surface area contributed by atoms with Crippen molar-refractivity contribution in [2.75, 3.05) is 6.54 Å². The summed E-state index contributed by atoms with van der Waals surface area (Å²) in [6.07, 6.45) is 1.80. The molecule has 0 aliphatic carbocycles. The van der Waals surface area contributed by atoms with Crippen LogP contribution in [0.25, 0.3) is 0 Å². The van der Waals surface area contributed by atoms with Gasteiger partial charge in [-0.25, -0.2) is 4.79 Å². The molecule has 2 atom stereocenters. The Hall–Kier alpha value is -1.14. The molecule has 6 N–H and O–H groups in total. The largest absolute Gasteiger partial charge is 0.480 e. The van der Waals surface area contributed by atoms with Gasteiger partial charge in [0.25, 0.3) is 0 Å². The molecule has 0 radical (unpaired) electrons. The predicted molar refractivity (Wildman–Crippen MR) is 65.3 cm³/mol. The monoisotopic (exact) mass is 245 g/mol. The summed E-state index contributed by atoms with van der Waals surface area (Å²) in [5.41, 5.74) is 11.0. The molecule has 0 saturated carbocycles. The standard InChI is InChI=1S/C11H23N3O3/c1-7(2)9(13)10(15)14-8(11(16)17)5-3-4-6-12/h7-9H,3-6,12-13H2,1-2H3,(H,14,15)(H,16,17)/t8-,9+/m0/s1. The number of rotatable bonds is 8. The number of hydrogen-bond acceptors (Lipinski definition) is 4.